The van der Waals surface area contributed by atoms with Gasteiger partial charge in [-0.2, -0.15) is 0 Å². The molecule has 0 aromatic carbocycles. The molecule has 0 aliphatic carbocycles. The van der Waals surface area contributed by atoms with Gasteiger partial charge < -0.3 is 4.74 Å². The van der Waals surface area contributed by atoms with E-state index in [1.54, 1.807) is 19.0 Å². The van der Waals surface area contributed by atoms with Crippen molar-refractivity contribution in [2.45, 2.75) is 0 Å². The lowest BCUT2D eigenvalue weighted by atomic mass is 10.6. The number of rotatable bonds is 4. The molecule has 4 nitrogen and oxygen atoms in total. The van der Waals surface area contributed by atoms with Crippen LogP contribution >= 0.6 is 0 Å². The summed E-state index contributed by atoms with van der Waals surface area (Å²) in [6.07, 6.45) is 0.549. The Bertz CT molecular complexity index is 122. The maximum atomic E-state index is 10.6. The fourth-order valence-corrected chi connectivity index (χ4v) is 0.431. The van der Waals surface area contributed by atoms with E-state index in [1.165, 1.54) is 0 Å². The number of likely N-dealkylation sites (N-methyl/N-ethyl adjacent to an activating group) is 1. The second kappa shape index (κ2) is 4.93. The number of aldehydes is 1. The Labute approximate surface area is 59.8 Å². The normalized spacial score (nSPS) is 9.50. The largest absolute Gasteiger partial charge is 0.457 e. The van der Waals surface area contributed by atoms with Crippen LogP contribution in [0.4, 0.5) is 0 Å². The van der Waals surface area contributed by atoms with E-state index in [0.717, 1.165) is 0 Å². The molecule has 58 valence electrons. The minimum atomic E-state index is -0.378. The van der Waals surface area contributed by atoms with E-state index in [9.17, 15) is 9.59 Å². The minimum absolute atomic E-state index is 0.146. The number of esters is 1. The Hall–Kier alpha value is -0.900. The van der Waals surface area contributed by atoms with Crippen LogP contribution in [0.5, 0.6) is 0 Å². The van der Waals surface area contributed by atoms with Gasteiger partial charge in [0.05, 0.1) is 6.54 Å². The first-order valence-corrected chi connectivity index (χ1v) is 2.91. The van der Waals surface area contributed by atoms with Crippen LogP contribution in [0, 0.1) is 0 Å². The summed E-state index contributed by atoms with van der Waals surface area (Å²) in [4.78, 5) is 22.0. The third-order valence-corrected chi connectivity index (χ3v) is 0.758. The Morgan fingerprint density at radius 3 is 2.60 bits per heavy atom. The molecule has 0 aliphatic heterocycles. The Balaban J connectivity index is 3.34. The highest BCUT2D eigenvalue weighted by atomic mass is 16.5. The average molecular weight is 145 g/mol. The lowest BCUT2D eigenvalue weighted by Crippen LogP contribution is -2.23. The molecule has 0 amide bonds. The summed E-state index contributed by atoms with van der Waals surface area (Å²) in [5.41, 5.74) is 0. The van der Waals surface area contributed by atoms with Crippen molar-refractivity contribution in [3.05, 3.63) is 0 Å². The van der Waals surface area contributed by atoms with Crippen molar-refractivity contribution < 1.29 is 14.3 Å². The molecule has 0 saturated heterocycles. The number of hydrogen-bond donors (Lipinski definition) is 0. The number of ether oxygens (including phenoxy) is 1. The average Bonchev–Trinajstić information content (AvgIpc) is 1.82. The molecule has 0 fully saturated rings. The van der Waals surface area contributed by atoms with Crippen LogP contribution in [0.15, 0.2) is 0 Å². The zero-order valence-corrected chi connectivity index (χ0v) is 6.16. The van der Waals surface area contributed by atoms with E-state index in [0.29, 0.717) is 6.29 Å². The topological polar surface area (TPSA) is 46.6 Å². The van der Waals surface area contributed by atoms with Crippen molar-refractivity contribution in [3.63, 3.8) is 0 Å². The second-order valence-corrected chi connectivity index (χ2v) is 2.09. The maximum Gasteiger partial charge on any atom is 0.320 e. The van der Waals surface area contributed by atoms with Crippen molar-refractivity contribution in [2.24, 2.45) is 0 Å². The van der Waals surface area contributed by atoms with Crippen LogP contribution in [0.1, 0.15) is 0 Å². The monoisotopic (exact) mass is 145 g/mol. The van der Waals surface area contributed by atoms with E-state index in [-0.39, 0.29) is 19.1 Å². The molecule has 10 heavy (non-hydrogen) atoms. The fraction of sp³-hybridized carbons (Fsp3) is 0.667. The van der Waals surface area contributed by atoms with E-state index in [4.69, 9.17) is 0 Å². The predicted molar refractivity (Wildman–Crippen MR) is 35.6 cm³/mol. The smallest absolute Gasteiger partial charge is 0.320 e. The first-order chi connectivity index (χ1) is 4.66. The molecule has 0 aromatic heterocycles. The summed E-state index contributed by atoms with van der Waals surface area (Å²) in [5.74, 6) is -0.378. The quantitative estimate of drug-likeness (QED) is 0.387. The standard InChI is InChI=1S/C6H11NO3/c1-7(2)5-6(9)10-4-3-8/h3H,4-5H2,1-2H3. The summed E-state index contributed by atoms with van der Waals surface area (Å²) in [5, 5.41) is 0. The van der Waals surface area contributed by atoms with Gasteiger partial charge in [-0.15, -0.1) is 0 Å². The van der Waals surface area contributed by atoms with Crippen LogP contribution in [0.25, 0.3) is 0 Å². The zero-order chi connectivity index (χ0) is 7.98. The van der Waals surface area contributed by atoms with Gasteiger partial charge in [0.25, 0.3) is 0 Å². The van der Waals surface area contributed by atoms with Gasteiger partial charge in [0.15, 0.2) is 6.29 Å². The van der Waals surface area contributed by atoms with Crippen LogP contribution < -0.4 is 0 Å². The fourth-order valence-electron chi connectivity index (χ4n) is 0.431. The molecule has 0 aliphatic rings. The van der Waals surface area contributed by atoms with E-state index < -0.39 is 0 Å². The molecule has 0 spiro atoms. The van der Waals surface area contributed by atoms with Gasteiger partial charge >= 0.3 is 5.97 Å². The summed E-state index contributed by atoms with van der Waals surface area (Å²) in [7, 11) is 3.50. The Kier molecular flexibility index (Phi) is 4.49. The molecule has 0 unspecified atom stereocenters. The van der Waals surface area contributed by atoms with Crippen LogP contribution in [0.3, 0.4) is 0 Å². The maximum absolute atomic E-state index is 10.6. The van der Waals surface area contributed by atoms with Gasteiger partial charge in [0.1, 0.15) is 6.61 Å². The van der Waals surface area contributed by atoms with Crippen LogP contribution in [-0.2, 0) is 14.3 Å². The van der Waals surface area contributed by atoms with Crippen molar-refractivity contribution in [1.29, 1.82) is 0 Å². The Morgan fingerprint density at radius 2 is 2.20 bits per heavy atom. The van der Waals surface area contributed by atoms with Crippen molar-refractivity contribution in [2.75, 3.05) is 27.2 Å². The Morgan fingerprint density at radius 1 is 1.60 bits per heavy atom. The number of nitrogens with zero attached hydrogens (tertiary/aromatic N) is 1. The van der Waals surface area contributed by atoms with Gasteiger partial charge in [0, 0.05) is 0 Å². The highest BCUT2D eigenvalue weighted by Gasteiger charge is 2.01. The molecule has 0 N–H and O–H groups in total. The van der Waals surface area contributed by atoms with Crippen LogP contribution in [0.2, 0.25) is 0 Å². The van der Waals surface area contributed by atoms with E-state index in [2.05, 4.69) is 4.74 Å². The van der Waals surface area contributed by atoms with Crippen molar-refractivity contribution >= 4 is 12.3 Å². The molecular weight excluding hydrogens is 134 g/mol. The third-order valence-electron chi connectivity index (χ3n) is 0.758. The highest BCUT2D eigenvalue weighted by Crippen LogP contribution is 1.79. The summed E-state index contributed by atoms with van der Waals surface area (Å²) in [6, 6.07) is 0. The molecule has 0 saturated carbocycles. The summed E-state index contributed by atoms with van der Waals surface area (Å²) in [6.45, 7) is 0.0700. The lowest BCUT2D eigenvalue weighted by molar-refractivity contribution is -0.146. The van der Waals surface area contributed by atoms with Gasteiger partial charge in [-0.05, 0) is 14.1 Å². The van der Waals surface area contributed by atoms with Gasteiger partial charge in [-0.1, -0.05) is 0 Å². The predicted octanol–water partition coefficient (Wildman–Crippen LogP) is -0.710. The molecule has 0 aromatic rings. The molecule has 0 heterocycles. The number of carbonyl (C=O) groups excluding carboxylic acids is 2. The number of carbonyl (C=O) groups is 2. The highest BCUT2D eigenvalue weighted by molar-refractivity contribution is 5.73. The third kappa shape index (κ3) is 5.24. The van der Waals surface area contributed by atoms with Gasteiger partial charge in [-0.3, -0.25) is 14.5 Å². The molecule has 0 radical (unpaired) electrons. The SMILES string of the molecule is CN(C)CC(=O)OCC=O. The lowest BCUT2D eigenvalue weighted by Gasteiger charge is -2.06. The van der Waals surface area contributed by atoms with E-state index in [1.807, 2.05) is 0 Å². The number of hydrogen-bond acceptors (Lipinski definition) is 4. The second-order valence-electron chi connectivity index (χ2n) is 2.09. The first kappa shape index (κ1) is 9.10. The van der Waals surface area contributed by atoms with Gasteiger partial charge in [-0.25, -0.2) is 0 Å². The molecule has 0 rings (SSSR count). The first-order valence-electron chi connectivity index (χ1n) is 2.91. The minimum Gasteiger partial charge on any atom is -0.457 e. The van der Waals surface area contributed by atoms with Gasteiger partial charge in [0.2, 0.25) is 0 Å². The zero-order valence-electron chi connectivity index (χ0n) is 6.16. The van der Waals surface area contributed by atoms with E-state index >= 15 is 0 Å². The summed E-state index contributed by atoms with van der Waals surface area (Å²) >= 11 is 0. The molecule has 4 heteroatoms. The van der Waals surface area contributed by atoms with Crippen molar-refractivity contribution in [3.8, 4) is 0 Å². The molecular formula is C6H11NO3. The van der Waals surface area contributed by atoms with Crippen molar-refractivity contribution in [1.82, 2.24) is 4.90 Å². The molecule has 0 bridgehead atoms. The molecule has 0 atom stereocenters. The summed E-state index contributed by atoms with van der Waals surface area (Å²) < 4.78 is 4.45. The van der Waals surface area contributed by atoms with Crippen LogP contribution in [-0.4, -0.2) is 44.4 Å².